The molecule has 0 heterocycles. The minimum absolute atomic E-state index is 0.177. The van der Waals surface area contributed by atoms with Gasteiger partial charge < -0.3 is 15.0 Å². The molecule has 33 heavy (non-hydrogen) atoms. The van der Waals surface area contributed by atoms with Gasteiger partial charge in [-0.25, -0.2) is 0 Å². The minimum atomic E-state index is -0.736. The van der Waals surface area contributed by atoms with Gasteiger partial charge in [0, 0.05) is 23.6 Å². The summed E-state index contributed by atoms with van der Waals surface area (Å²) in [4.78, 5) is 27.8. The van der Waals surface area contributed by atoms with Crippen molar-refractivity contribution >= 4 is 57.6 Å². The van der Waals surface area contributed by atoms with Gasteiger partial charge >= 0.3 is 0 Å². The first-order valence-corrected chi connectivity index (χ1v) is 12.1. The zero-order valence-electron chi connectivity index (χ0n) is 17.9. The molecule has 0 saturated heterocycles. The summed E-state index contributed by atoms with van der Waals surface area (Å²) in [6.45, 7) is -0.0269. The van der Waals surface area contributed by atoms with Crippen LogP contribution in [0.5, 0.6) is 5.75 Å². The average Bonchev–Trinajstić information content (AvgIpc) is 2.83. The van der Waals surface area contributed by atoms with Crippen molar-refractivity contribution in [1.29, 1.82) is 0 Å². The topological polar surface area (TPSA) is 58.6 Å². The fraction of sp³-hybridized carbons (Fsp3) is 0.200. The fourth-order valence-corrected chi connectivity index (χ4v) is 3.99. The van der Waals surface area contributed by atoms with E-state index in [0.717, 1.165) is 14.7 Å². The maximum absolute atomic E-state index is 13.4. The van der Waals surface area contributed by atoms with Crippen molar-refractivity contribution in [3.63, 3.8) is 0 Å². The van der Waals surface area contributed by atoms with Gasteiger partial charge in [-0.05, 0) is 70.1 Å². The summed E-state index contributed by atoms with van der Waals surface area (Å²) >= 11 is 14.4. The quantitative estimate of drug-likeness (QED) is 0.338. The first kappa shape index (κ1) is 25.3. The van der Waals surface area contributed by atoms with E-state index in [-0.39, 0.29) is 25.0 Å². The van der Waals surface area contributed by atoms with Gasteiger partial charge in [0.25, 0.3) is 5.91 Å². The predicted molar refractivity (Wildman–Crippen MR) is 140 cm³/mol. The molecule has 2 amide bonds. The molecule has 1 atom stereocenters. The Morgan fingerprint density at radius 1 is 0.970 bits per heavy atom. The molecule has 0 unspecified atom stereocenters. The number of hydrogen-bond acceptors (Lipinski definition) is 3. The number of halogens is 3. The third-order valence-corrected chi connectivity index (χ3v) is 6.49. The van der Waals surface area contributed by atoms with E-state index in [1.165, 1.54) is 4.90 Å². The molecular formula is C25H23Cl2IN2O3. The number of ether oxygens (including phenoxy) is 1. The summed E-state index contributed by atoms with van der Waals surface area (Å²) in [5.41, 5.74) is 1.70. The molecule has 3 rings (SSSR count). The van der Waals surface area contributed by atoms with Gasteiger partial charge in [0.15, 0.2) is 6.61 Å². The number of carbonyl (C=O) groups is 2. The number of rotatable bonds is 9. The maximum atomic E-state index is 13.4. The third-order valence-electron chi connectivity index (χ3n) is 5.03. The minimum Gasteiger partial charge on any atom is -0.484 e. The summed E-state index contributed by atoms with van der Waals surface area (Å²) in [5.74, 6) is 0.00323. The Labute approximate surface area is 217 Å². The van der Waals surface area contributed by atoms with Gasteiger partial charge in [-0.3, -0.25) is 9.59 Å². The summed E-state index contributed by atoms with van der Waals surface area (Å²) < 4.78 is 6.79. The van der Waals surface area contributed by atoms with Crippen LogP contribution in [0.3, 0.4) is 0 Å². The number of hydrogen-bond donors (Lipinski definition) is 1. The van der Waals surface area contributed by atoms with Crippen LogP contribution in [0.25, 0.3) is 0 Å². The molecule has 0 aromatic heterocycles. The van der Waals surface area contributed by atoms with Gasteiger partial charge in [-0.15, -0.1) is 0 Å². The van der Waals surface area contributed by atoms with E-state index >= 15 is 0 Å². The molecule has 3 aromatic carbocycles. The summed E-state index contributed by atoms with van der Waals surface area (Å²) in [6.07, 6.45) is 0.358. The van der Waals surface area contributed by atoms with E-state index in [4.69, 9.17) is 27.9 Å². The standard InChI is InChI=1S/C25H23Cl2IN2O3/c1-29-25(32)23(14-17-5-3-2-4-6-17)30(15-18-7-12-21(26)22(27)13-18)24(31)16-33-20-10-8-19(28)9-11-20/h2-13,23H,14-16H2,1H3,(H,29,32)/t23-/m0/s1. The average molecular weight is 597 g/mol. The van der Waals surface area contributed by atoms with Crippen LogP contribution < -0.4 is 10.1 Å². The lowest BCUT2D eigenvalue weighted by Crippen LogP contribution is -2.51. The maximum Gasteiger partial charge on any atom is 0.261 e. The molecule has 0 aliphatic heterocycles. The van der Waals surface area contributed by atoms with Crippen molar-refractivity contribution in [2.45, 2.75) is 19.0 Å². The molecule has 1 N–H and O–H groups in total. The lowest BCUT2D eigenvalue weighted by Gasteiger charge is -2.31. The van der Waals surface area contributed by atoms with Crippen LogP contribution in [-0.2, 0) is 22.6 Å². The highest BCUT2D eigenvalue weighted by Crippen LogP contribution is 2.24. The van der Waals surface area contributed by atoms with Crippen molar-refractivity contribution in [2.75, 3.05) is 13.7 Å². The highest BCUT2D eigenvalue weighted by atomic mass is 127. The zero-order valence-corrected chi connectivity index (χ0v) is 21.6. The summed E-state index contributed by atoms with van der Waals surface area (Å²) in [5, 5.41) is 3.49. The van der Waals surface area contributed by atoms with Gasteiger partial charge in [0.1, 0.15) is 11.8 Å². The first-order valence-electron chi connectivity index (χ1n) is 10.2. The highest BCUT2D eigenvalue weighted by molar-refractivity contribution is 14.1. The number of likely N-dealkylation sites (N-methyl/N-ethyl adjacent to an activating group) is 1. The molecule has 8 heteroatoms. The third kappa shape index (κ3) is 7.35. The van der Waals surface area contributed by atoms with E-state index in [1.807, 2.05) is 42.5 Å². The van der Waals surface area contributed by atoms with Crippen molar-refractivity contribution in [2.24, 2.45) is 0 Å². The van der Waals surface area contributed by atoms with E-state index in [9.17, 15) is 9.59 Å². The number of carbonyl (C=O) groups excluding carboxylic acids is 2. The number of benzene rings is 3. The van der Waals surface area contributed by atoms with Crippen LogP contribution in [0.2, 0.25) is 10.0 Å². The molecule has 5 nitrogen and oxygen atoms in total. The summed E-state index contributed by atoms with van der Waals surface area (Å²) in [6, 6.07) is 21.4. The second-order valence-corrected chi connectivity index (χ2v) is 9.39. The second kappa shape index (κ2) is 12.3. The van der Waals surface area contributed by atoms with Gasteiger partial charge in [-0.2, -0.15) is 0 Å². The molecule has 0 fully saturated rings. The molecule has 0 bridgehead atoms. The Bertz CT molecular complexity index is 1090. The largest absolute Gasteiger partial charge is 0.484 e. The molecule has 0 aliphatic carbocycles. The molecule has 0 spiro atoms. The number of nitrogens with one attached hydrogen (secondary N) is 1. The fourth-order valence-electron chi connectivity index (χ4n) is 3.31. The van der Waals surface area contributed by atoms with Crippen LogP contribution >= 0.6 is 45.8 Å². The van der Waals surface area contributed by atoms with E-state index in [2.05, 4.69) is 27.9 Å². The first-order chi connectivity index (χ1) is 15.9. The number of nitrogens with zero attached hydrogens (tertiary/aromatic N) is 1. The van der Waals surface area contributed by atoms with E-state index in [1.54, 1.807) is 37.4 Å². The normalized spacial score (nSPS) is 11.5. The van der Waals surface area contributed by atoms with Crippen LogP contribution in [0.15, 0.2) is 72.8 Å². The van der Waals surface area contributed by atoms with Crippen molar-refractivity contribution in [3.8, 4) is 5.75 Å². The molecule has 3 aromatic rings. The Kier molecular flexibility index (Phi) is 9.41. The monoisotopic (exact) mass is 596 g/mol. The van der Waals surface area contributed by atoms with E-state index < -0.39 is 6.04 Å². The lowest BCUT2D eigenvalue weighted by atomic mass is 10.0. The molecule has 0 radical (unpaired) electrons. The predicted octanol–water partition coefficient (Wildman–Crippen LogP) is 5.36. The van der Waals surface area contributed by atoms with Crippen LogP contribution in [0.4, 0.5) is 0 Å². The Balaban J connectivity index is 1.88. The van der Waals surface area contributed by atoms with Crippen molar-refractivity contribution < 1.29 is 14.3 Å². The van der Waals surface area contributed by atoms with Crippen LogP contribution in [-0.4, -0.2) is 36.4 Å². The van der Waals surface area contributed by atoms with E-state index in [0.29, 0.717) is 22.2 Å². The lowest BCUT2D eigenvalue weighted by molar-refractivity contribution is -0.142. The molecule has 172 valence electrons. The summed E-state index contributed by atoms with van der Waals surface area (Å²) in [7, 11) is 1.56. The zero-order chi connectivity index (χ0) is 23.8. The Morgan fingerprint density at radius 3 is 2.30 bits per heavy atom. The van der Waals surface area contributed by atoms with Gasteiger partial charge in [0.2, 0.25) is 5.91 Å². The molecular weight excluding hydrogens is 574 g/mol. The Hall–Kier alpha value is -2.29. The van der Waals surface area contributed by atoms with Crippen LogP contribution in [0, 0.1) is 3.57 Å². The van der Waals surface area contributed by atoms with Gasteiger partial charge in [-0.1, -0.05) is 59.6 Å². The van der Waals surface area contributed by atoms with Crippen molar-refractivity contribution in [1.82, 2.24) is 10.2 Å². The number of amides is 2. The van der Waals surface area contributed by atoms with Crippen LogP contribution in [0.1, 0.15) is 11.1 Å². The second-order valence-electron chi connectivity index (χ2n) is 7.33. The van der Waals surface area contributed by atoms with Gasteiger partial charge in [0.05, 0.1) is 10.0 Å². The smallest absolute Gasteiger partial charge is 0.261 e. The molecule has 0 saturated carbocycles. The SMILES string of the molecule is CNC(=O)[C@H](Cc1ccccc1)N(Cc1ccc(Cl)c(Cl)c1)C(=O)COc1ccc(I)cc1. The highest BCUT2D eigenvalue weighted by Gasteiger charge is 2.30. The Morgan fingerprint density at radius 2 is 1.67 bits per heavy atom. The van der Waals surface area contributed by atoms with Crippen molar-refractivity contribution in [3.05, 3.63) is 97.5 Å². The molecule has 0 aliphatic rings.